The van der Waals surface area contributed by atoms with Crippen LogP contribution >= 0.6 is 0 Å². The summed E-state index contributed by atoms with van der Waals surface area (Å²) >= 11 is 0. The Morgan fingerprint density at radius 3 is 2.87 bits per heavy atom. The predicted molar refractivity (Wildman–Crippen MR) is 55.3 cm³/mol. The summed E-state index contributed by atoms with van der Waals surface area (Å²) in [5, 5.41) is 3.35. The van der Waals surface area contributed by atoms with Crippen LogP contribution in [0.2, 0.25) is 0 Å². The fraction of sp³-hybridized carbons (Fsp3) is 0.909. The molecule has 0 aromatic carbocycles. The van der Waals surface area contributed by atoms with Crippen molar-refractivity contribution in [3.05, 3.63) is 0 Å². The number of esters is 1. The maximum absolute atomic E-state index is 11.6. The molecular weight excluding hydrogens is 194 g/mol. The van der Waals surface area contributed by atoms with Crippen LogP contribution in [0.4, 0.5) is 0 Å². The molecule has 2 aliphatic heterocycles. The zero-order chi connectivity index (χ0) is 10.9. The van der Waals surface area contributed by atoms with E-state index in [2.05, 4.69) is 5.32 Å². The Morgan fingerprint density at radius 2 is 2.27 bits per heavy atom. The standard InChI is InChI=1S/C11H19NO3/c1-10(9(13)14-2)7-11(12-8-10)5-3-4-6-15-11/h12H,3-8H2,1-2H3. The summed E-state index contributed by atoms with van der Waals surface area (Å²) in [6.45, 7) is 3.39. The number of rotatable bonds is 1. The molecule has 15 heavy (non-hydrogen) atoms. The Kier molecular flexibility index (Phi) is 2.73. The first-order valence-electron chi connectivity index (χ1n) is 5.58. The van der Waals surface area contributed by atoms with Crippen molar-refractivity contribution in [2.24, 2.45) is 5.41 Å². The highest BCUT2D eigenvalue weighted by Crippen LogP contribution is 2.40. The van der Waals surface area contributed by atoms with E-state index in [0.717, 1.165) is 25.9 Å². The van der Waals surface area contributed by atoms with Crippen LogP contribution in [-0.4, -0.2) is 32.0 Å². The highest BCUT2D eigenvalue weighted by Gasteiger charge is 2.51. The summed E-state index contributed by atoms with van der Waals surface area (Å²) in [5.41, 5.74) is -0.687. The van der Waals surface area contributed by atoms with Gasteiger partial charge in [-0.05, 0) is 26.2 Å². The van der Waals surface area contributed by atoms with E-state index in [1.165, 1.54) is 13.5 Å². The zero-order valence-electron chi connectivity index (χ0n) is 9.47. The predicted octanol–water partition coefficient (Wildman–Crippen LogP) is 1.06. The van der Waals surface area contributed by atoms with Gasteiger partial charge in [0.05, 0.1) is 12.5 Å². The lowest BCUT2D eigenvalue weighted by atomic mass is 9.84. The first-order chi connectivity index (χ1) is 7.10. The van der Waals surface area contributed by atoms with Gasteiger partial charge in [0.25, 0.3) is 0 Å². The van der Waals surface area contributed by atoms with Gasteiger partial charge in [0.1, 0.15) is 5.72 Å². The van der Waals surface area contributed by atoms with E-state index >= 15 is 0 Å². The molecule has 2 saturated heterocycles. The molecule has 4 nitrogen and oxygen atoms in total. The minimum absolute atomic E-state index is 0.138. The molecule has 2 fully saturated rings. The molecule has 2 rings (SSSR count). The van der Waals surface area contributed by atoms with Crippen LogP contribution in [0.25, 0.3) is 0 Å². The van der Waals surface area contributed by atoms with Crippen molar-refractivity contribution in [2.75, 3.05) is 20.3 Å². The van der Waals surface area contributed by atoms with Crippen molar-refractivity contribution in [3.63, 3.8) is 0 Å². The van der Waals surface area contributed by atoms with Crippen molar-refractivity contribution in [3.8, 4) is 0 Å². The average Bonchev–Trinajstić information content (AvgIpc) is 2.57. The van der Waals surface area contributed by atoms with E-state index in [0.29, 0.717) is 6.54 Å². The van der Waals surface area contributed by atoms with Crippen molar-refractivity contribution in [1.29, 1.82) is 0 Å². The molecule has 0 aliphatic carbocycles. The Bertz CT molecular complexity index is 261. The van der Waals surface area contributed by atoms with Crippen molar-refractivity contribution in [1.82, 2.24) is 5.32 Å². The number of hydrogen-bond acceptors (Lipinski definition) is 4. The molecule has 0 aromatic heterocycles. The summed E-state index contributed by atoms with van der Waals surface area (Å²) in [7, 11) is 1.44. The second kappa shape index (κ2) is 3.76. The van der Waals surface area contributed by atoms with Gasteiger partial charge in [-0.1, -0.05) is 0 Å². The minimum Gasteiger partial charge on any atom is -0.469 e. The molecule has 2 heterocycles. The van der Waals surface area contributed by atoms with Crippen LogP contribution in [0.3, 0.4) is 0 Å². The molecule has 2 unspecified atom stereocenters. The summed E-state index contributed by atoms with van der Waals surface area (Å²) in [6, 6.07) is 0. The normalized spacial score (nSPS) is 40.7. The molecule has 1 spiro atoms. The van der Waals surface area contributed by atoms with Gasteiger partial charge in [0, 0.05) is 19.6 Å². The fourth-order valence-corrected chi connectivity index (χ4v) is 2.63. The lowest BCUT2D eigenvalue weighted by molar-refractivity contribution is -0.153. The number of methoxy groups -OCH3 is 1. The van der Waals surface area contributed by atoms with Gasteiger partial charge in [-0.3, -0.25) is 10.1 Å². The molecule has 2 atom stereocenters. The fourth-order valence-electron chi connectivity index (χ4n) is 2.63. The van der Waals surface area contributed by atoms with Crippen LogP contribution in [0.1, 0.15) is 32.6 Å². The number of ether oxygens (including phenoxy) is 2. The van der Waals surface area contributed by atoms with Crippen LogP contribution in [0.15, 0.2) is 0 Å². The molecule has 2 aliphatic rings. The summed E-state index contributed by atoms with van der Waals surface area (Å²) in [4.78, 5) is 11.6. The van der Waals surface area contributed by atoms with Gasteiger partial charge in [-0.15, -0.1) is 0 Å². The number of nitrogens with one attached hydrogen (secondary N) is 1. The Morgan fingerprint density at radius 1 is 1.47 bits per heavy atom. The monoisotopic (exact) mass is 213 g/mol. The van der Waals surface area contributed by atoms with E-state index in [4.69, 9.17) is 9.47 Å². The highest BCUT2D eigenvalue weighted by atomic mass is 16.5. The molecule has 86 valence electrons. The molecule has 0 aromatic rings. The Labute approximate surface area is 90.3 Å². The zero-order valence-corrected chi connectivity index (χ0v) is 9.47. The number of hydrogen-bond donors (Lipinski definition) is 1. The smallest absolute Gasteiger partial charge is 0.312 e. The van der Waals surface area contributed by atoms with Crippen LogP contribution < -0.4 is 5.32 Å². The average molecular weight is 213 g/mol. The Balaban J connectivity index is 2.07. The van der Waals surface area contributed by atoms with Gasteiger partial charge >= 0.3 is 5.97 Å². The Hall–Kier alpha value is -0.610. The molecule has 0 radical (unpaired) electrons. The van der Waals surface area contributed by atoms with Gasteiger partial charge in [-0.25, -0.2) is 0 Å². The number of carbonyl (C=O) groups excluding carboxylic acids is 1. The summed E-state index contributed by atoms with van der Waals surface area (Å²) in [5.74, 6) is -0.138. The van der Waals surface area contributed by atoms with Crippen LogP contribution in [0, 0.1) is 5.41 Å². The van der Waals surface area contributed by atoms with E-state index in [1.807, 2.05) is 6.92 Å². The first-order valence-corrected chi connectivity index (χ1v) is 5.58. The highest BCUT2D eigenvalue weighted by molar-refractivity contribution is 5.77. The minimum atomic E-state index is -0.425. The van der Waals surface area contributed by atoms with Crippen molar-refractivity contribution in [2.45, 2.75) is 38.3 Å². The van der Waals surface area contributed by atoms with Crippen LogP contribution in [0.5, 0.6) is 0 Å². The maximum Gasteiger partial charge on any atom is 0.312 e. The lowest BCUT2D eigenvalue weighted by Crippen LogP contribution is -2.44. The van der Waals surface area contributed by atoms with E-state index < -0.39 is 5.41 Å². The van der Waals surface area contributed by atoms with Crippen LogP contribution in [-0.2, 0) is 14.3 Å². The third-order valence-electron chi connectivity index (χ3n) is 3.51. The van der Waals surface area contributed by atoms with Crippen molar-refractivity contribution >= 4 is 5.97 Å². The van der Waals surface area contributed by atoms with E-state index in [9.17, 15) is 4.79 Å². The van der Waals surface area contributed by atoms with E-state index in [1.54, 1.807) is 0 Å². The van der Waals surface area contributed by atoms with Gasteiger partial charge in [0.15, 0.2) is 0 Å². The molecule has 0 saturated carbocycles. The molecule has 1 N–H and O–H groups in total. The maximum atomic E-state index is 11.6. The molecule has 0 bridgehead atoms. The third-order valence-corrected chi connectivity index (χ3v) is 3.51. The molecule has 0 amide bonds. The summed E-state index contributed by atoms with van der Waals surface area (Å²) < 4.78 is 10.6. The second-order valence-electron chi connectivity index (χ2n) is 4.88. The summed E-state index contributed by atoms with van der Waals surface area (Å²) in [6.07, 6.45) is 4.02. The topological polar surface area (TPSA) is 47.6 Å². The molecule has 4 heteroatoms. The largest absolute Gasteiger partial charge is 0.469 e. The second-order valence-corrected chi connectivity index (χ2v) is 4.88. The molecular formula is C11H19NO3. The third kappa shape index (κ3) is 1.88. The van der Waals surface area contributed by atoms with Crippen molar-refractivity contribution < 1.29 is 14.3 Å². The van der Waals surface area contributed by atoms with Gasteiger partial charge < -0.3 is 9.47 Å². The van der Waals surface area contributed by atoms with Gasteiger partial charge in [-0.2, -0.15) is 0 Å². The number of carbonyl (C=O) groups is 1. The van der Waals surface area contributed by atoms with E-state index in [-0.39, 0.29) is 11.7 Å². The first kappa shape index (κ1) is 10.9. The quantitative estimate of drug-likeness (QED) is 0.661. The van der Waals surface area contributed by atoms with Gasteiger partial charge in [0.2, 0.25) is 0 Å². The SMILES string of the molecule is COC(=O)C1(C)CNC2(CCCCO2)C1. The lowest BCUT2D eigenvalue weighted by Gasteiger charge is -2.34.